The zero-order valence-corrected chi connectivity index (χ0v) is 13.7. The summed E-state index contributed by atoms with van der Waals surface area (Å²) in [5.41, 5.74) is 1.96. The van der Waals surface area contributed by atoms with Crippen molar-refractivity contribution in [3.63, 3.8) is 0 Å². The van der Waals surface area contributed by atoms with E-state index in [1.165, 1.54) is 6.92 Å². The number of aliphatic hydroxyl groups is 1. The summed E-state index contributed by atoms with van der Waals surface area (Å²) < 4.78 is 27.0. The average molecular weight is 326 g/mol. The molecule has 1 heterocycles. The van der Waals surface area contributed by atoms with Gasteiger partial charge in [0.2, 0.25) is 15.9 Å². The number of hydrogen-bond donors (Lipinski definition) is 2. The molecular weight excluding hydrogens is 304 g/mol. The van der Waals surface area contributed by atoms with Crippen molar-refractivity contribution < 1.29 is 18.3 Å². The highest BCUT2D eigenvalue weighted by Gasteiger charge is 2.21. The van der Waals surface area contributed by atoms with Gasteiger partial charge in [0.05, 0.1) is 11.0 Å². The lowest BCUT2D eigenvalue weighted by molar-refractivity contribution is -0.129. The fourth-order valence-electron chi connectivity index (χ4n) is 2.45. The fourth-order valence-corrected chi connectivity index (χ4v) is 3.55. The zero-order valence-electron chi connectivity index (χ0n) is 12.9. The second kappa shape index (κ2) is 6.76. The van der Waals surface area contributed by atoms with Crippen LogP contribution < -0.4 is 4.72 Å². The van der Waals surface area contributed by atoms with Crippen LogP contribution >= 0.6 is 0 Å². The predicted octanol–water partition coefficient (Wildman–Crippen LogP) is 0.640. The molecule has 0 radical (unpaired) electrons. The Morgan fingerprint density at radius 3 is 2.77 bits per heavy atom. The van der Waals surface area contributed by atoms with Gasteiger partial charge in [0.25, 0.3) is 0 Å². The highest BCUT2D eigenvalue weighted by Crippen LogP contribution is 2.22. The summed E-state index contributed by atoms with van der Waals surface area (Å²) in [5.74, 6) is -0.00558. The number of aliphatic hydroxyl groups excluding tert-OH is 1. The molecule has 22 heavy (non-hydrogen) atoms. The number of benzene rings is 1. The molecule has 6 nitrogen and oxygen atoms in total. The van der Waals surface area contributed by atoms with E-state index < -0.39 is 16.1 Å². The number of carbonyl (C=O) groups excluding carboxylic acids is 1. The highest BCUT2D eigenvalue weighted by molar-refractivity contribution is 7.89. The van der Waals surface area contributed by atoms with Crippen LogP contribution in [0, 0.1) is 0 Å². The second-order valence-corrected chi connectivity index (χ2v) is 7.42. The monoisotopic (exact) mass is 326 g/mol. The molecule has 2 N–H and O–H groups in total. The van der Waals surface area contributed by atoms with Crippen LogP contribution in [0.4, 0.5) is 0 Å². The first-order chi connectivity index (χ1) is 10.3. The lowest BCUT2D eigenvalue weighted by atomic mass is 10.00. The maximum Gasteiger partial charge on any atom is 0.240 e. The molecule has 1 aliphatic rings. The molecule has 0 aromatic heterocycles. The third-order valence-electron chi connectivity index (χ3n) is 3.80. The molecule has 1 aromatic carbocycles. The van der Waals surface area contributed by atoms with Crippen molar-refractivity contribution in [3.8, 4) is 0 Å². The minimum Gasteiger partial charge on any atom is -0.393 e. The molecule has 0 bridgehead atoms. The van der Waals surface area contributed by atoms with Crippen LogP contribution in [0.1, 0.15) is 31.4 Å². The minimum absolute atomic E-state index is 0.00558. The molecule has 0 unspecified atom stereocenters. The Hall–Kier alpha value is -1.44. The molecular formula is C15H22N2O4S. The smallest absolute Gasteiger partial charge is 0.240 e. The maximum atomic E-state index is 12.2. The van der Waals surface area contributed by atoms with Gasteiger partial charge in [0.1, 0.15) is 0 Å². The molecule has 122 valence electrons. The van der Waals surface area contributed by atoms with Gasteiger partial charge in [-0.25, -0.2) is 13.1 Å². The number of rotatable bonds is 5. The standard InChI is InChI=1S/C15H22N2O4S/c1-11(18)5-7-16-22(20,21)15-4-3-13-6-8-17(12(2)19)10-14(13)9-15/h3-4,9,11,16,18H,5-8,10H2,1-2H3/t11-/m1/s1. The van der Waals surface area contributed by atoms with E-state index in [2.05, 4.69) is 4.72 Å². The normalized spacial score (nSPS) is 16.2. The van der Waals surface area contributed by atoms with Crippen molar-refractivity contribution in [2.45, 2.75) is 44.2 Å². The summed E-state index contributed by atoms with van der Waals surface area (Å²) in [6.45, 7) is 4.44. The van der Waals surface area contributed by atoms with E-state index in [4.69, 9.17) is 0 Å². The predicted molar refractivity (Wildman–Crippen MR) is 82.7 cm³/mol. The molecule has 1 aromatic rings. The summed E-state index contributed by atoms with van der Waals surface area (Å²) in [5, 5.41) is 9.19. The number of fused-ring (bicyclic) bond motifs is 1. The molecule has 0 fully saturated rings. The quantitative estimate of drug-likeness (QED) is 0.831. The Balaban J connectivity index is 2.16. The molecule has 1 amide bonds. The summed E-state index contributed by atoms with van der Waals surface area (Å²) in [6.07, 6.45) is 0.558. The molecule has 0 aliphatic carbocycles. The van der Waals surface area contributed by atoms with Crippen LogP contribution in [0.2, 0.25) is 0 Å². The van der Waals surface area contributed by atoms with Gasteiger partial charge in [-0.05, 0) is 43.0 Å². The molecule has 1 aliphatic heterocycles. The Bertz CT molecular complexity index is 656. The first-order valence-corrected chi connectivity index (χ1v) is 8.83. The average Bonchev–Trinajstić information content (AvgIpc) is 2.45. The van der Waals surface area contributed by atoms with Gasteiger partial charge in [0, 0.05) is 26.6 Å². The summed E-state index contributed by atoms with van der Waals surface area (Å²) in [4.78, 5) is 13.4. The number of hydrogen-bond acceptors (Lipinski definition) is 4. The topological polar surface area (TPSA) is 86.7 Å². The van der Waals surface area contributed by atoms with Crippen molar-refractivity contribution in [2.24, 2.45) is 0 Å². The van der Waals surface area contributed by atoms with Gasteiger partial charge in [0.15, 0.2) is 0 Å². The zero-order chi connectivity index (χ0) is 16.3. The fraction of sp³-hybridized carbons (Fsp3) is 0.533. The second-order valence-electron chi connectivity index (χ2n) is 5.66. The van der Waals surface area contributed by atoms with Gasteiger partial charge in [-0.1, -0.05) is 6.07 Å². The van der Waals surface area contributed by atoms with Crippen LogP contribution in [0.15, 0.2) is 23.1 Å². The lowest BCUT2D eigenvalue weighted by Crippen LogP contribution is -2.34. The Labute approximate surface area is 131 Å². The minimum atomic E-state index is -3.59. The number of sulfonamides is 1. The van der Waals surface area contributed by atoms with E-state index in [1.54, 1.807) is 24.0 Å². The van der Waals surface area contributed by atoms with Gasteiger partial charge in [-0.15, -0.1) is 0 Å². The van der Waals surface area contributed by atoms with Crippen molar-refractivity contribution >= 4 is 15.9 Å². The molecule has 0 saturated carbocycles. The van der Waals surface area contributed by atoms with Crippen molar-refractivity contribution in [3.05, 3.63) is 29.3 Å². The van der Waals surface area contributed by atoms with Crippen molar-refractivity contribution in [1.82, 2.24) is 9.62 Å². The first-order valence-electron chi connectivity index (χ1n) is 7.34. The summed E-state index contributed by atoms with van der Waals surface area (Å²) >= 11 is 0. The van der Waals surface area contributed by atoms with E-state index in [0.717, 1.165) is 17.5 Å². The third kappa shape index (κ3) is 4.06. The van der Waals surface area contributed by atoms with E-state index in [9.17, 15) is 18.3 Å². The Morgan fingerprint density at radius 2 is 2.14 bits per heavy atom. The van der Waals surface area contributed by atoms with E-state index in [0.29, 0.717) is 19.5 Å². The van der Waals surface area contributed by atoms with Crippen LogP contribution in [-0.4, -0.2) is 43.5 Å². The van der Waals surface area contributed by atoms with Crippen LogP contribution in [-0.2, 0) is 27.8 Å². The summed E-state index contributed by atoms with van der Waals surface area (Å²) in [6, 6.07) is 5.04. The van der Waals surface area contributed by atoms with Gasteiger partial charge < -0.3 is 10.0 Å². The maximum absolute atomic E-state index is 12.2. The molecule has 0 saturated heterocycles. The molecule has 1 atom stereocenters. The Kier molecular flexibility index (Phi) is 5.20. The third-order valence-corrected chi connectivity index (χ3v) is 5.26. The van der Waals surface area contributed by atoms with E-state index in [-0.39, 0.29) is 17.3 Å². The molecule has 7 heteroatoms. The van der Waals surface area contributed by atoms with Crippen LogP contribution in [0.5, 0.6) is 0 Å². The number of nitrogens with one attached hydrogen (secondary N) is 1. The van der Waals surface area contributed by atoms with E-state index >= 15 is 0 Å². The number of amides is 1. The van der Waals surface area contributed by atoms with Gasteiger partial charge >= 0.3 is 0 Å². The van der Waals surface area contributed by atoms with Gasteiger partial charge in [-0.3, -0.25) is 4.79 Å². The number of carbonyl (C=O) groups is 1. The lowest BCUT2D eigenvalue weighted by Gasteiger charge is -2.28. The highest BCUT2D eigenvalue weighted by atomic mass is 32.2. The summed E-state index contributed by atoms with van der Waals surface area (Å²) in [7, 11) is -3.59. The van der Waals surface area contributed by atoms with Gasteiger partial charge in [-0.2, -0.15) is 0 Å². The van der Waals surface area contributed by atoms with E-state index in [1.807, 2.05) is 6.07 Å². The van der Waals surface area contributed by atoms with Crippen molar-refractivity contribution in [1.29, 1.82) is 0 Å². The Morgan fingerprint density at radius 1 is 1.41 bits per heavy atom. The first kappa shape index (κ1) is 16.9. The van der Waals surface area contributed by atoms with Crippen LogP contribution in [0.25, 0.3) is 0 Å². The SMILES string of the molecule is CC(=O)N1CCc2ccc(S(=O)(=O)NCC[C@@H](C)O)cc2C1. The molecule has 2 rings (SSSR count). The van der Waals surface area contributed by atoms with Crippen molar-refractivity contribution in [2.75, 3.05) is 13.1 Å². The van der Waals surface area contributed by atoms with Crippen LogP contribution in [0.3, 0.4) is 0 Å². The molecule has 0 spiro atoms. The number of nitrogens with zero attached hydrogens (tertiary/aromatic N) is 1. The largest absolute Gasteiger partial charge is 0.393 e.